The minimum absolute atomic E-state index is 0.0377. The first-order chi connectivity index (χ1) is 10.1. The van der Waals surface area contributed by atoms with Gasteiger partial charge in [-0.2, -0.15) is 0 Å². The van der Waals surface area contributed by atoms with Crippen LogP contribution in [0.1, 0.15) is 36.0 Å². The smallest absolute Gasteiger partial charge is 0.338 e. The second-order valence-corrected chi connectivity index (χ2v) is 5.98. The van der Waals surface area contributed by atoms with Gasteiger partial charge in [0, 0.05) is 12.5 Å². The van der Waals surface area contributed by atoms with E-state index in [1.165, 1.54) is 6.42 Å². The van der Waals surface area contributed by atoms with Gasteiger partial charge < -0.3 is 14.4 Å². The molecule has 0 saturated heterocycles. The van der Waals surface area contributed by atoms with Gasteiger partial charge in [0.1, 0.15) is 11.9 Å². The third kappa shape index (κ3) is 4.46. The molecule has 0 spiro atoms. The second-order valence-electron chi connectivity index (χ2n) is 5.98. The Hall–Kier alpha value is -1.55. The van der Waals surface area contributed by atoms with E-state index in [2.05, 4.69) is 19.0 Å². The van der Waals surface area contributed by atoms with E-state index in [1.807, 2.05) is 0 Å². The monoisotopic (exact) mass is 291 g/mol. The van der Waals surface area contributed by atoms with E-state index in [0.717, 1.165) is 31.6 Å². The Morgan fingerprint density at radius 2 is 1.86 bits per heavy atom. The molecule has 21 heavy (non-hydrogen) atoms. The zero-order valence-electron chi connectivity index (χ0n) is 13.2. The van der Waals surface area contributed by atoms with Crippen molar-refractivity contribution in [3.05, 3.63) is 29.8 Å². The van der Waals surface area contributed by atoms with Gasteiger partial charge in [0.25, 0.3) is 0 Å². The first-order valence-electron chi connectivity index (χ1n) is 7.60. The zero-order chi connectivity index (χ0) is 15.2. The summed E-state index contributed by atoms with van der Waals surface area (Å²) in [4.78, 5) is 14.4. The molecular weight excluding hydrogens is 266 g/mol. The number of rotatable bonds is 5. The van der Waals surface area contributed by atoms with Crippen LogP contribution >= 0.6 is 0 Å². The van der Waals surface area contributed by atoms with Gasteiger partial charge in [-0.3, -0.25) is 0 Å². The fourth-order valence-electron chi connectivity index (χ4n) is 2.94. The van der Waals surface area contributed by atoms with Crippen LogP contribution in [0.15, 0.2) is 24.3 Å². The quantitative estimate of drug-likeness (QED) is 0.782. The molecule has 1 aliphatic rings. The number of nitrogens with zero attached hydrogens (tertiary/aromatic N) is 1. The van der Waals surface area contributed by atoms with Crippen LogP contribution < -0.4 is 4.74 Å². The third-order valence-corrected chi connectivity index (χ3v) is 4.02. The number of methoxy groups -OCH3 is 1. The van der Waals surface area contributed by atoms with Crippen molar-refractivity contribution >= 4 is 5.97 Å². The maximum Gasteiger partial charge on any atom is 0.338 e. The predicted molar refractivity (Wildman–Crippen MR) is 82.7 cm³/mol. The van der Waals surface area contributed by atoms with Gasteiger partial charge in [-0.15, -0.1) is 0 Å². The molecule has 0 unspecified atom stereocenters. The van der Waals surface area contributed by atoms with Gasteiger partial charge in [0.05, 0.1) is 12.7 Å². The molecule has 1 aromatic carbocycles. The van der Waals surface area contributed by atoms with E-state index in [4.69, 9.17) is 9.47 Å². The van der Waals surface area contributed by atoms with Gasteiger partial charge in [0.15, 0.2) is 0 Å². The van der Waals surface area contributed by atoms with Crippen LogP contribution in [-0.4, -0.2) is 44.7 Å². The summed E-state index contributed by atoms with van der Waals surface area (Å²) in [6.45, 7) is 0.973. The fourth-order valence-corrected chi connectivity index (χ4v) is 2.94. The normalized spacial score (nSPS) is 22.1. The summed E-state index contributed by atoms with van der Waals surface area (Å²) in [6.07, 6.45) is 4.52. The Labute approximate surface area is 127 Å². The van der Waals surface area contributed by atoms with Gasteiger partial charge in [-0.25, -0.2) is 4.79 Å². The Morgan fingerprint density at radius 1 is 1.19 bits per heavy atom. The molecule has 1 fully saturated rings. The second kappa shape index (κ2) is 7.46. The molecule has 0 amide bonds. The van der Waals surface area contributed by atoms with Crippen LogP contribution in [0, 0.1) is 5.92 Å². The molecule has 0 heterocycles. The number of hydrogen-bond acceptors (Lipinski definition) is 4. The summed E-state index contributed by atoms with van der Waals surface area (Å²) >= 11 is 0. The SMILES string of the molecule is COc1ccc(C(=O)O[C@@H]2CCCC[C@@H]2CN(C)C)cc1. The molecule has 1 aromatic rings. The molecule has 0 radical (unpaired) electrons. The van der Waals surface area contributed by atoms with E-state index in [1.54, 1.807) is 31.4 Å². The Kier molecular flexibility index (Phi) is 5.62. The van der Waals surface area contributed by atoms with E-state index >= 15 is 0 Å². The molecular formula is C17H25NO3. The number of carbonyl (C=O) groups is 1. The third-order valence-electron chi connectivity index (χ3n) is 4.02. The van der Waals surface area contributed by atoms with E-state index in [-0.39, 0.29) is 12.1 Å². The molecule has 1 aliphatic carbocycles. The number of carbonyl (C=O) groups excluding carboxylic acids is 1. The van der Waals surface area contributed by atoms with Crippen molar-refractivity contribution in [3.63, 3.8) is 0 Å². The first-order valence-corrected chi connectivity index (χ1v) is 7.60. The average molecular weight is 291 g/mol. The van der Waals surface area contributed by atoms with E-state index in [9.17, 15) is 4.79 Å². The van der Waals surface area contributed by atoms with Crippen LogP contribution in [0.4, 0.5) is 0 Å². The fraction of sp³-hybridized carbons (Fsp3) is 0.588. The summed E-state index contributed by atoms with van der Waals surface area (Å²) in [5.74, 6) is 0.957. The molecule has 0 aliphatic heterocycles. The summed E-state index contributed by atoms with van der Waals surface area (Å²) in [7, 11) is 5.75. The Bertz CT molecular complexity index is 456. The molecule has 2 rings (SSSR count). The van der Waals surface area contributed by atoms with Crippen LogP contribution in [0.2, 0.25) is 0 Å². The zero-order valence-corrected chi connectivity index (χ0v) is 13.2. The highest BCUT2D eigenvalue weighted by Gasteiger charge is 2.29. The van der Waals surface area contributed by atoms with Crippen molar-refractivity contribution in [1.29, 1.82) is 0 Å². The highest BCUT2D eigenvalue weighted by molar-refractivity contribution is 5.89. The van der Waals surface area contributed by atoms with Crippen molar-refractivity contribution < 1.29 is 14.3 Å². The number of hydrogen-bond donors (Lipinski definition) is 0. The summed E-state index contributed by atoms with van der Waals surface area (Å²) < 4.78 is 10.9. The summed E-state index contributed by atoms with van der Waals surface area (Å²) in [5.41, 5.74) is 0.588. The first kappa shape index (κ1) is 15.8. The van der Waals surface area contributed by atoms with E-state index < -0.39 is 0 Å². The molecule has 2 atom stereocenters. The van der Waals surface area contributed by atoms with Gasteiger partial charge in [-0.05, 0) is 57.6 Å². The van der Waals surface area contributed by atoms with Crippen molar-refractivity contribution in [2.45, 2.75) is 31.8 Å². The largest absolute Gasteiger partial charge is 0.497 e. The standard InChI is InChI=1S/C17H25NO3/c1-18(2)12-14-6-4-5-7-16(14)21-17(19)13-8-10-15(20-3)11-9-13/h8-11,14,16H,4-7,12H2,1-3H3/t14-,16-/m1/s1. The highest BCUT2D eigenvalue weighted by Crippen LogP contribution is 2.28. The molecule has 0 aromatic heterocycles. The lowest BCUT2D eigenvalue weighted by molar-refractivity contribution is -0.00324. The topological polar surface area (TPSA) is 38.8 Å². The number of ether oxygens (including phenoxy) is 2. The molecule has 0 bridgehead atoms. The summed E-state index contributed by atoms with van der Waals surface area (Å²) in [5, 5.41) is 0. The molecule has 4 heteroatoms. The number of esters is 1. The molecule has 0 N–H and O–H groups in total. The van der Waals surface area contributed by atoms with Gasteiger partial charge >= 0.3 is 5.97 Å². The lowest BCUT2D eigenvalue weighted by atomic mass is 9.86. The van der Waals surface area contributed by atoms with Crippen molar-refractivity contribution in [2.24, 2.45) is 5.92 Å². The Balaban J connectivity index is 1.98. The lowest BCUT2D eigenvalue weighted by Crippen LogP contribution is -2.36. The minimum atomic E-state index is -0.228. The lowest BCUT2D eigenvalue weighted by Gasteiger charge is -2.32. The average Bonchev–Trinajstić information content (AvgIpc) is 2.49. The van der Waals surface area contributed by atoms with Crippen LogP contribution in [-0.2, 0) is 4.74 Å². The van der Waals surface area contributed by atoms with E-state index in [0.29, 0.717) is 11.5 Å². The van der Waals surface area contributed by atoms with Gasteiger partial charge in [0.2, 0.25) is 0 Å². The Morgan fingerprint density at radius 3 is 2.48 bits per heavy atom. The molecule has 1 saturated carbocycles. The molecule has 116 valence electrons. The summed E-state index contributed by atoms with van der Waals surface area (Å²) in [6, 6.07) is 7.08. The molecule has 4 nitrogen and oxygen atoms in total. The predicted octanol–water partition coefficient (Wildman–Crippen LogP) is 2.97. The van der Waals surface area contributed by atoms with Crippen LogP contribution in [0.3, 0.4) is 0 Å². The van der Waals surface area contributed by atoms with Crippen LogP contribution in [0.25, 0.3) is 0 Å². The minimum Gasteiger partial charge on any atom is -0.497 e. The maximum absolute atomic E-state index is 12.3. The number of benzene rings is 1. The van der Waals surface area contributed by atoms with Gasteiger partial charge in [-0.1, -0.05) is 6.42 Å². The van der Waals surface area contributed by atoms with Crippen molar-refractivity contribution in [1.82, 2.24) is 4.90 Å². The maximum atomic E-state index is 12.3. The van der Waals surface area contributed by atoms with Crippen molar-refractivity contribution in [2.75, 3.05) is 27.7 Å². The van der Waals surface area contributed by atoms with Crippen LogP contribution in [0.5, 0.6) is 5.75 Å². The van der Waals surface area contributed by atoms with Crippen molar-refractivity contribution in [3.8, 4) is 5.75 Å². The highest BCUT2D eigenvalue weighted by atomic mass is 16.5.